The number of fused-ring (bicyclic) bond motifs is 1. The summed E-state index contributed by atoms with van der Waals surface area (Å²) in [5.41, 5.74) is 0.886. The van der Waals surface area contributed by atoms with Crippen LogP contribution in [0.3, 0.4) is 0 Å². The van der Waals surface area contributed by atoms with Crippen molar-refractivity contribution in [3.05, 3.63) is 36.2 Å². The lowest BCUT2D eigenvalue weighted by atomic mass is 10.1. The predicted molar refractivity (Wildman–Crippen MR) is 87.3 cm³/mol. The van der Waals surface area contributed by atoms with E-state index in [0.29, 0.717) is 18.0 Å². The molecule has 1 N–H and O–H groups in total. The van der Waals surface area contributed by atoms with E-state index in [2.05, 4.69) is 10.3 Å². The normalized spacial score (nSPS) is 20.9. The zero-order valence-electron chi connectivity index (χ0n) is 12.9. The smallest absolute Gasteiger partial charge is 0.243 e. The molecule has 118 valence electrons. The highest BCUT2D eigenvalue weighted by Gasteiger charge is 2.31. The number of sulfonamides is 1. The molecule has 1 atom stereocenters. The van der Waals surface area contributed by atoms with Gasteiger partial charge >= 0.3 is 0 Å². The molecular formula is C16H21N3O2S. The standard InChI is InChI=1S/C16H21N3O2S/c1-12-10-18-11-14-4-3-5-15(16(12)14)22(20,21)19-9-8-17-7-6-13(19)2/h3-5,10-11,13,17H,6-9H2,1-2H3. The molecule has 0 saturated carbocycles. The Balaban J connectivity index is 2.17. The van der Waals surface area contributed by atoms with Crippen molar-refractivity contribution in [1.82, 2.24) is 14.6 Å². The largest absolute Gasteiger partial charge is 0.315 e. The summed E-state index contributed by atoms with van der Waals surface area (Å²) in [4.78, 5) is 4.55. The van der Waals surface area contributed by atoms with Gasteiger partial charge in [0.2, 0.25) is 10.0 Å². The lowest BCUT2D eigenvalue weighted by molar-refractivity contribution is 0.350. The molecule has 0 aliphatic carbocycles. The Hall–Kier alpha value is -1.50. The van der Waals surface area contributed by atoms with E-state index < -0.39 is 10.0 Å². The minimum absolute atomic E-state index is 0.00241. The maximum absolute atomic E-state index is 13.2. The van der Waals surface area contributed by atoms with Gasteiger partial charge in [0.05, 0.1) is 4.90 Å². The molecule has 1 unspecified atom stereocenters. The summed E-state index contributed by atoms with van der Waals surface area (Å²) in [6.07, 6.45) is 4.26. The first-order chi connectivity index (χ1) is 10.5. The molecule has 5 nitrogen and oxygen atoms in total. The third kappa shape index (κ3) is 2.62. The number of aryl methyl sites for hydroxylation is 1. The molecule has 1 saturated heterocycles. The number of benzene rings is 1. The monoisotopic (exact) mass is 319 g/mol. The van der Waals surface area contributed by atoms with Crippen LogP contribution in [0.4, 0.5) is 0 Å². The van der Waals surface area contributed by atoms with Crippen LogP contribution in [0.2, 0.25) is 0 Å². The molecule has 3 rings (SSSR count). The van der Waals surface area contributed by atoms with E-state index in [9.17, 15) is 8.42 Å². The maximum Gasteiger partial charge on any atom is 0.243 e. The van der Waals surface area contributed by atoms with E-state index in [0.717, 1.165) is 29.3 Å². The SMILES string of the molecule is Cc1cncc2cccc(S(=O)(=O)N3CCNCCC3C)c12. The van der Waals surface area contributed by atoms with Gasteiger partial charge in [0.25, 0.3) is 0 Å². The number of pyridine rings is 1. The number of nitrogens with one attached hydrogen (secondary N) is 1. The topological polar surface area (TPSA) is 62.3 Å². The first-order valence-corrected chi connectivity index (χ1v) is 9.01. The number of hydrogen-bond donors (Lipinski definition) is 1. The Morgan fingerprint density at radius 2 is 2.09 bits per heavy atom. The quantitative estimate of drug-likeness (QED) is 0.918. The highest BCUT2D eigenvalue weighted by molar-refractivity contribution is 7.89. The lowest BCUT2D eigenvalue weighted by Gasteiger charge is -2.26. The molecule has 2 aromatic rings. The van der Waals surface area contributed by atoms with Crippen LogP contribution in [-0.4, -0.2) is 43.4 Å². The Morgan fingerprint density at radius 3 is 2.91 bits per heavy atom. The molecule has 0 amide bonds. The molecule has 1 aromatic carbocycles. The fourth-order valence-corrected chi connectivity index (χ4v) is 5.01. The Kier molecular flexibility index (Phi) is 4.16. The average molecular weight is 319 g/mol. The first kappa shape index (κ1) is 15.4. The van der Waals surface area contributed by atoms with E-state index >= 15 is 0 Å². The molecule has 1 aromatic heterocycles. The van der Waals surface area contributed by atoms with E-state index in [1.807, 2.05) is 19.9 Å². The average Bonchev–Trinajstić information content (AvgIpc) is 2.72. The summed E-state index contributed by atoms with van der Waals surface area (Å²) >= 11 is 0. The van der Waals surface area contributed by atoms with Gasteiger partial charge in [0.15, 0.2) is 0 Å². The van der Waals surface area contributed by atoms with Crippen molar-refractivity contribution in [3.8, 4) is 0 Å². The molecular weight excluding hydrogens is 298 g/mol. The predicted octanol–water partition coefficient (Wildman–Crippen LogP) is 1.92. The molecule has 0 radical (unpaired) electrons. The van der Waals surface area contributed by atoms with Crippen LogP contribution in [0.1, 0.15) is 18.9 Å². The number of hydrogen-bond acceptors (Lipinski definition) is 4. The minimum Gasteiger partial charge on any atom is -0.315 e. The van der Waals surface area contributed by atoms with Gasteiger partial charge in [-0.2, -0.15) is 4.31 Å². The van der Waals surface area contributed by atoms with Crippen LogP contribution in [0, 0.1) is 6.92 Å². The van der Waals surface area contributed by atoms with Gasteiger partial charge in [-0.1, -0.05) is 12.1 Å². The second kappa shape index (κ2) is 5.95. The minimum atomic E-state index is -3.52. The van der Waals surface area contributed by atoms with Crippen molar-refractivity contribution in [2.45, 2.75) is 31.2 Å². The summed E-state index contributed by atoms with van der Waals surface area (Å²) in [7, 11) is -3.52. The second-order valence-corrected chi connectivity index (χ2v) is 7.67. The summed E-state index contributed by atoms with van der Waals surface area (Å²) < 4.78 is 28.0. The van der Waals surface area contributed by atoms with Crippen molar-refractivity contribution in [1.29, 1.82) is 0 Å². The Labute approximate surface area is 131 Å². The summed E-state index contributed by atoms with van der Waals surface area (Å²) in [6, 6.07) is 5.39. The van der Waals surface area contributed by atoms with Gasteiger partial charge in [-0.3, -0.25) is 4.98 Å². The van der Waals surface area contributed by atoms with E-state index in [-0.39, 0.29) is 6.04 Å². The molecule has 1 aliphatic heterocycles. The van der Waals surface area contributed by atoms with Gasteiger partial charge in [0.1, 0.15) is 0 Å². The summed E-state index contributed by atoms with van der Waals surface area (Å²) in [6.45, 7) is 5.93. The van der Waals surface area contributed by atoms with Crippen molar-refractivity contribution < 1.29 is 8.42 Å². The molecule has 0 bridgehead atoms. The van der Waals surface area contributed by atoms with Crippen molar-refractivity contribution in [2.24, 2.45) is 0 Å². The van der Waals surface area contributed by atoms with Gasteiger partial charge in [-0.25, -0.2) is 8.42 Å². The summed E-state index contributed by atoms with van der Waals surface area (Å²) in [5.74, 6) is 0. The number of aromatic nitrogens is 1. The van der Waals surface area contributed by atoms with Crippen LogP contribution in [0.15, 0.2) is 35.5 Å². The van der Waals surface area contributed by atoms with Crippen LogP contribution in [0.25, 0.3) is 10.8 Å². The van der Waals surface area contributed by atoms with Crippen LogP contribution in [-0.2, 0) is 10.0 Å². The zero-order valence-corrected chi connectivity index (χ0v) is 13.7. The third-order valence-electron chi connectivity index (χ3n) is 4.26. The van der Waals surface area contributed by atoms with Crippen LogP contribution in [0.5, 0.6) is 0 Å². The molecule has 1 aliphatic rings. The maximum atomic E-state index is 13.2. The van der Waals surface area contributed by atoms with Crippen LogP contribution < -0.4 is 5.32 Å². The first-order valence-electron chi connectivity index (χ1n) is 7.57. The molecule has 6 heteroatoms. The van der Waals surface area contributed by atoms with Crippen LogP contribution >= 0.6 is 0 Å². The van der Waals surface area contributed by atoms with Gasteiger partial charge in [0, 0.05) is 42.3 Å². The van der Waals surface area contributed by atoms with Crippen molar-refractivity contribution in [2.75, 3.05) is 19.6 Å². The van der Waals surface area contributed by atoms with E-state index in [1.165, 1.54) is 0 Å². The van der Waals surface area contributed by atoms with Gasteiger partial charge in [-0.05, 0) is 38.4 Å². The number of rotatable bonds is 2. The molecule has 1 fully saturated rings. The van der Waals surface area contributed by atoms with Gasteiger partial charge in [-0.15, -0.1) is 0 Å². The zero-order chi connectivity index (χ0) is 15.7. The fourth-order valence-electron chi connectivity index (χ4n) is 3.06. The lowest BCUT2D eigenvalue weighted by Crippen LogP contribution is -2.39. The van der Waals surface area contributed by atoms with E-state index in [1.54, 1.807) is 28.8 Å². The fraction of sp³-hybridized carbons (Fsp3) is 0.438. The van der Waals surface area contributed by atoms with Crippen molar-refractivity contribution >= 4 is 20.8 Å². The summed E-state index contributed by atoms with van der Waals surface area (Å²) in [5, 5.41) is 4.91. The third-order valence-corrected chi connectivity index (χ3v) is 6.32. The van der Waals surface area contributed by atoms with E-state index in [4.69, 9.17) is 0 Å². The molecule has 0 spiro atoms. The molecule has 2 heterocycles. The number of nitrogens with zero attached hydrogens (tertiary/aromatic N) is 2. The molecule has 22 heavy (non-hydrogen) atoms. The van der Waals surface area contributed by atoms with Crippen molar-refractivity contribution in [3.63, 3.8) is 0 Å². The van der Waals surface area contributed by atoms with Gasteiger partial charge < -0.3 is 5.32 Å². The highest BCUT2D eigenvalue weighted by Crippen LogP contribution is 2.29. The Bertz CT molecular complexity index is 784. The highest BCUT2D eigenvalue weighted by atomic mass is 32.2. The second-order valence-electron chi connectivity index (χ2n) is 5.81. The Morgan fingerprint density at radius 1 is 1.27 bits per heavy atom.